The first kappa shape index (κ1) is 29.9. The van der Waals surface area contributed by atoms with Gasteiger partial charge < -0.3 is 30.9 Å². The van der Waals surface area contributed by atoms with Crippen LogP contribution in [0.1, 0.15) is 71.2 Å². The quantitative estimate of drug-likeness (QED) is 0.281. The maximum absolute atomic E-state index is 13.3. The predicted molar refractivity (Wildman–Crippen MR) is 141 cm³/mol. The number of nitrogens with zero attached hydrogens (tertiary/aromatic N) is 2. The lowest BCUT2D eigenvalue weighted by Gasteiger charge is -2.28. The third kappa shape index (κ3) is 8.92. The van der Waals surface area contributed by atoms with Crippen molar-refractivity contribution in [3.8, 4) is 0 Å². The monoisotopic (exact) mass is 516 g/mol. The van der Waals surface area contributed by atoms with Gasteiger partial charge in [-0.1, -0.05) is 13.8 Å². The molecule has 1 aromatic heterocycles. The molecule has 0 spiro atoms. The summed E-state index contributed by atoms with van der Waals surface area (Å²) in [4.78, 5) is 44.2. The van der Waals surface area contributed by atoms with Gasteiger partial charge in [0.2, 0.25) is 5.91 Å². The van der Waals surface area contributed by atoms with Crippen LogP contribution < -0.4 is 11.1 Å². The molecule has 1 aromatic carbocycles. The molecule has 0 bridgehead atoms. The number of carbonyl (C=O) groups excluding carboxylic acids is 3. The molecule has 5 N–H and O–H groups in total. The molecule has 0 aliphatic carbocycles. The van der Waals surface area contributed by atoms with E-state index in [0.29, 0.717) is 13.1 Å². The number of aliphatic hydroxyl groups is 2. The highest BCUT2D eigenvalue weighted by Gasteiger charge is 2.29. The number of carbonyl (C=O) groups is 3. The van der Waals surface area contributed by atoms with E-state index in [1.165, 1.54) is 25.3 Å². The zero-order valence-corrected chi connectivity index (χ0v) is 21.7. The average molecular weight is 517 g/mol. The summed E-state index contributed by atoms with van der Waals surface area (Å²) < 4.78 is 4.99. The fourth-order valence-electron chi connectivity index (χ4n) is 4.02. The Labute approximate surface area is 219 Å². The van der Waals surface area contributed by atoms with Crippen molar-refractivity contribution in [2.24, 2.45) is 5.73 Å². The van der Waals surface area contributed by atoms with E-state index in [9.17, 15) is 24.6 Å². The highest BCUT2D eigenvalue weighted by Crippen LogP contribution is 2.16. The fraction of sp³-hybridized carbons (Fsp3) is 0.481. The van der Waals surface area contributed by atoms with Crippen LogP contribution in [0.4, 0.5) is 0 Å². The third-order valence-electron chi connectivity index (χ3n) is 5.95. The molecular formula is C27H40N4O6. The number of benzene rings is 1. The second-order valence-electron chi connectivity index (χ2n) is 8.93. The number of methoxy groups -OCH3 is 1. The number of ether oxygens (including phenoxy) is 1. The molecule has 2 aromatic rings. The molecule has 10 heteroatoms. The van der Waals surface area contributed by atoms with Crippen LogP contribution in [-0.2, 0) is 11.2 Å². The van der Waals surface area contributed by atoms with Crippen molar-refractivity contribution in [1.29, 1.82) is 0 Å². The smallest absolute Gasteiger partial charge is 0.253 e. The summed E-state index contributed by atoms with van der Waals surface area (Å²) in [6.45, 7) is 5.23. The standard InChI is InChI=1S/C27H38N4O6.H2/c1-4-11-31(12-5-2)27(36)21-16-19(25(28)34)15-20(17-21)26(35)30-22(14-18-6-9-29-10-7-18)24(33)23(32)8-13-37-3;/h6-7,9-10,15-17,22-24,32-33H,4-5,8,11-14H2,1-3H3,(H2,28,34)(H,30,35);1H. The van der Waals surface area contributed by atoms with Crippen molar-refractivity contribution in [2.75, 3.05) is 26.8 Å². The predicted octanol–water partition coefficient (Wildman–Crippen LogP) is 1.79. The SMILES string of the molecule is CCCN(CCC)C(=O)c1cc(C(N)=O)cc(C(=O)NC(Cc2ccncc2)C(O)C(O)CCOC)c1.[HH]. The molecule has 0 fully saturated rings. The highest BCUT2D eigenvalue weighted by atomic mass is 16.5. The molecule has 3 atom stereocenters. The minimum absolute atomic E-state index is 0. The van der Waals surface area contributed by atoms with Crippen LogP contribution in [-0.4, -0.2) is 82.9 Å². The molecule has 10 nitrogen and oxygen atoms in total. The van der Waals surface area contributed by atoms with Crippen molar-refractivity contribution in [2.45, 2.75) is 57.8 Å². The Kier molecular flexibility index (Phi) is 12.1. The Hall–Kier alpha value is -3.34. The number of rotatable bonds is 15. The maximum Gasteiger partial charge on any atom is 0.253 e. The Morgan fingerprint density at radius 3 is 2.22 bits per heavy atom. The van der Waals surface area contributed by atoms with Crippen LogP contribution in [0.25, 0.3) is 0 Å². The van der Waals surface area contributed by atoms with Crippen molar-refractivity contribution >= 4 is 17.7 Å². The second kappa shape index (κ2) is 15.0. The number of amides is 3. The lowest BCUT2D eigenvalue weighted by atomic mass is 9.96. The summed E-state index contributed by atoms with van der Waals surface area (Å²) in [5, 5.41) is 24.1. The van der Waals surface area contributed by atoms with Crippen molar-refractivity contribution in [3.63, 3.8) is 0 Å². The Morgan fingerprint density at radius 1 is 1.05 bits per heavy atom. The van der Waals surface area contributed by atoms with Gasteiger partial charge in [0, 0.05) is 57.3 Å². The van der Waals surface area contributed by atoms with E-state index in [4.69, 9.17) is 10.5 Å². The van der Waals surface area contributed by atoms with Gasteiger partial charge in [-0.05, 0) is 61.6 Å². The number of aliphatic hydroxyl groups excluding tert-OH is 2. The Morgan fingerprint density at radius 2 is 1.65 bits per heavy atom. The average Bonchev–Trinajstić information content (AvgIpc) is 2.90. The van der Waals surface area contributed by atoms with Gasteiger partial charge in [0.25, 0.3) is 11.8 Å². The fourth-order valence-corrected chi connectivity index (χ4v) is 4.02. The van der Waals surface area contributed by atoms with Gasteiger partial charge in [0.05, 0.1) is 12.1 Å². The van der Waals surface area contributed by atoms with E-state index >= 15 is 0 Å². The van der Waals surface area contributed by atoms with E-state index in [-0.39, 0.29) is 43.5 Å². The highest BCUT2D eigenvalue weighted by molar-refractivity contribution is 6.04. The summed E-state index contributed by atoms with van der Waals surface area (Å²) in [5.41, 5.74) is 6.53. The van der Waals surface area contributed by atoms with Gasteiger partial charge in [-0.2, -0.15) is 0 Å². The Bertz CT molecular complexity index is 1030. The van der Waals surface area contributed by atoms with Crippen LogP contribution in [0.3, 0.4) is 0 Å². The van der Waals surface area contributed by atoms with Gasteiger partial charge >= 0.3 is 0 Å². The molecule has 0 aliphatic rings. The molecule has 37 heavy (non-hydrogen) atoms. The summed E-state index contributed by atoms with van der Waals surface area (Å²) >= 11 is 0. The summed E-state index contributed by atoms with van der Waals surface area (Å²) in [6.07, 6.45) is 2.62. The van der Waals surface area contributed by atoms with Crippen molar-refractivity contribution in [3.05, 3.63) is 65.0 Å². The van der Waals surface area contributed by atoms with Crippen molar-refractivity contribution < 1.29 is 30.8 Å². The second-order valence-corrected chi connectivity index (χ2v) is 8.93. The molecule has 3 unspecified atom stereocenters. The van der Waals surface area contributed by atoms with Gasteiger partial charge in [0.1, 0.15) is 6.10 Å². The van der Waals surface area contributed by atoms with Crippen LogP contribution in [0.15, 0.2) is 42.7 Å². The number of hydrogen-bond acceptors (Lipinski definition) is 7. The number of nitrogens with two attached hydrogens (primary N) is 1. The minimum Gasteiger partial charge on any atom is -0.390 e. The van der Waals surface area contributed by atoms with E-state index < -0.39 is 30.1 Å². The van der Waals surface area contributed by atoms with Gasteiger partial charge in [-0.25, -0.2) is 0 Å². The van der Waals surface area contributed by atoms with Gasteiger partial charge in [-0.15, -0.1) is 0 Å². The van der Waals surface area contributed by atoms with Crippen LogP contribution in [0, 0.1) is 0 Å². The molecule has 2 rings (SSSR count). The molecule has 0 saturated carbocycles. The van der Waals surface area contributed by atoms with E-state index in [1.54, 1.807) is 29.4 Å². The minimum atomic E-state index is -1.31. The first-order valence-electron chi connectivity index (χ1n) is 12.5. The van der Waals surface area contributed by atoms with Crippen LogP contribution in [0.2, 0.25) is 0 Å². The normalized spacial score (nSPS) is 13.4. The largest absolute Gasteiger partial charge is 0.390 e. The lowest BCUT2D eigenvalue weighted by molar-refractivity contribution is -0.0177. The molecule has 204 valence electrons. The van der Waals surface area contributed by atoms with Gasteiger partial charge in [0.15, 0.2) is 0 Å². The summed E-state index contributed by atoms with van der Waals surface area (Å²) in [5.74, 6) is -1.69. The van der Waals surface area contributed by atoms with E-state index in [1.807, 2.05) is 13.8 Å². The van der Waals surface area contributed by atoms with Gasteiger partial charge in [-0.3, -0.25) is 19.4 Å². The molecule has 3 amide bonds. The zero-order valence-electron chi connectivity index (χ0n) is 21.7. The molecule has 0 saturated heterocycles. The number of hydrogen-bond donors (Lipinski definition) is 4. The molecule has 1 heterocycles. The van der Waals surface area contributed by atoms with Crippen LogP contribution in [0.5, 0.6) is 0 Å². The van der Waals surface area contributed by atoms with Crippen LogP contribution >= 0.6 is 0 Å². The molecule has 0 radical (unpaired) electrons. The first-order chi connectivity index (χ1) is 17.7. The maximum atomic E-state index is 13.3. The number of aromatic nitrogens is 1. The van der Waals surface area contributed by atoms with Crippen molar-refractivity contribution in [1.82, 2.24) is 15.2 Å². The van der Waals surface area contributed by atoms with E-state index in [0.717, 1.165) is 18.4 Å². The summed E-state index contributed by atoms with van der Waals surface area (Å²) in [7, 11) is 1.49. The number of nitrogens with one attached hydrogen (secondary N) is 1. The zero-order chi connectivity index (χ0) is 27.4. The number of pyridine rings is 1. The Balaban J connectivity index is 0.00000722. The molecule has 0 aliphatic heterocycles. The topological polar surface area (TPSA) is 155 Å². The molecular weight excluding hydrogens is 476 g/mol. The third-order valence-corrected chi connectivity index (χ3v) is 5.95. The lowest BCUT2D eigenvalue weighted by Crippen LogP contribution is -2.50. The van der Waals surface area contributed by atoms with E-state index in [2.05, 4.69) is 10.3 Å². The first-order valence-corrected chi connectivity index (χ1v) is 12.5. The number of primary amides is 1. The summed E-state index contributed by atoms with van der Waals surface area (Å²) in [6, 6.07) is 6.73.